The predicted octanol–water partition coefficient (Wildman–Crippen LogP) is 2.86. The Morgan fingerprint density at radius 2 is 2.19 bits per heavy atom. The minimum absolute atomic E-state index is 0.199. The second-order valence-electron chi connectivity index (χ2n) is 4.18. The van der Waals surface area contributed by atoms with Gasteiger partial charge in [-0.05, 0) is 36.6 Å². The molecule has 0 atom stereocenters. The lowest BCUT2D eigenvalue weighted by molar-refractivity contribution is 0.0170. The van der Waals surface area contributed by atoms with E-state index in [0.29, 0.717) is 18.7 Å². The molecular formula is C12H15BrFNO. The van der Waals surface area contributed by atoms with Crippen LogP contribution in [0.1, 0.15) is 18.4 Å². The van der Waals surface area contributed by atoms with Crippen LogP contribution in [-0.4, -0.2) is 19.3 Å². The van der Waals surface area contributed by atoms with Gasteiger partial charge in [0.2, 0.25) is 0 Å². The topological polar surface area (TPSA) is 21.3 Å². The molecule has 1 aliphatic carbocycles. The summed E-state index contributed by atoms with van der Waals surface area (Å²) in [7, 11) is 1.74. The van der Waals surface area contributed by atoms with Gasteiger partial charge >= 0.3 is 0 Å². The van der Waals surface area contributed by atoms with Crippen LogP contribution in [0.2, 0.25) is 0 Å². The molecule has 1 N–H and O–H groups in total. The summed E-state index contributed by atoms with van der Waals surface area (Å²) in [6.45, 7) is 0.706. The lowest BCUT2D eigenvalue weighted by atomic mass is 9.89. The van der Waals surface area contributed by atoms with Crippen molar-refractivity contribution in [2.45, 2.75) is 31.5 Å². The summed E-state index contributed by atoms with van der Waals surface area (Å²) in [5.74, 6) is -0.199. The minimum atomic E-state index is -0.199. The van der Waals surface area contributed by atoms with Crippen molar-refractivity contribution in [1.82, 2.24) is 5.32 Å². The van der Waals surface area contributed by atoms with E-state index in [1.165, 1.54) is 6.07 Å². The maximum atomic E-state index is 13.1. The summed E-state index contributed by atoms with van der Waals surface area (Å²) < 4.78 is 19.1. The molecule has 88 valence electrons. The van der Waals surface area contributed by atoms with Gasteiger partial charge in [0.15, 0.2) is 0 Å². The summed E-state index contributed by atoms with van der Waals surface area (Å²) in [4.78, 5) is 0. The highest BCUT2D eigenvalue weighted by molar-refractivity contribution is 9.10. The fourth-order valence-corrected chi connectivity index (χ4v) is 2.41. The summed E-state index contributed by atoms with van der Waals surface area (Å²) in [6, 6.07) is 5.47. The molecule has 0 radical (unpaired) electrons. The van der Waals surface area contributed by atoms with E-state index >= 15 is 0 Å². The fraction of sp³-hybridized carbons (Fsp3) is 0.500. The first-order valence-electron chi connectivity index (χ1n) is 5.38. The summed E-state index contributed by atoms with van der Waals surface area (Å²) in [5, 5.41) is 3.39. The van der Waals surface area contributed by atoms with Crippen molar-refractivity contribution in [1.29, 1.82) is 0 Å². The Bertz CT molecular complexity index is 346. The molecule has 1 fully saturated rings. The van der Waals surface area contributed by atoms with E-state index in [9.17, 15) is 4.39 Å². The number of ether oxygens (including phenoxy) is 1. The van der Waals surface area contributed by atoms with Crippen LogP contribution in [-0.2, 0) is 11.3 Å². The van der Waals surface area contributed by atoms with E-state index in [-0.39, 0.29) is 5.82 Å². The van der Waals surface area contributed by atoms with Crippen molar-refractivity contribution < 1.29 is 9.13 Å². The third kappa shape index (κ3) is 3.03. The van der Waals surface area contributed by atoms with Gasteiger partial charge in [0.25, 0.3) is 0 Å². The molecule has 2 nitrogen and oxygen atoms in total. The Morgan fingerprint density at radius 1 is 1.44 bits per heavy atom. The minimum Gasteiger partial charge on any atom is -0.381 e. The molecule has 0 bridgehead atoms. The number of benzene rings is 1. The molecule has 0 heterocycles. The highest BCUT2D eigenvalue weighted by Crippen LogP contribution is 2.23. The molecular weight excluding hydrogens is 273 g/mol. The Morgan fingerprint density at radius 3 is 2.81 bits per heavy atom. The summed E-state index contributed by atoms with van der Waals surface area (Å²) >= 11 is 3.28. The zero-order valence-corrected chi connectivity index (χ0v) is 10.8. The highest BCUT2D eigenvalue weighted by Gasteiger charge is 2.28. The number of hydrogen-bond acceptors (Lipinski definition) is 2. The van der Waals surface area contributed by atoms with Gasteiger partial charge in [0.1, 0.15) is 5.82 Å². The van der Waals surface area contributed by atoms with Gasteiger partial charge in [-0.2, -0.15) is 0 Å². The second kappa shape index (κ2) is 5.25. The van der Waals surface area contributed by atoms with Crippen molar-refractivity contribution in [3.63, 3.8) is 0 Å². The second-order valence-corrected chi connectivity index (χ2v) is 5.10. The van der Waals surface area contributed by atoms with Gasteiger partial charge < -0.3 is 10.1 Å². The van der Waals surface area contributed by atoms with Gasteiger partial charge in [-0.1, -0.05) is 15.9 Å². The van der Waals surface area contributed by atoms with Gasteiger partial charge in [0.05, 0.1) is 6.10 Å². The average Bonchev–Trinajstić information content (AvgIpc) is 2.14. The Kier molecular flexibility index (Phi) is 3.95. The standard InChI is InChI=1S/C12H15BrFNO/c1-16-12-5-11(6-12)15-7-8-2-9(13)4-10(14)3-8/h2-4,11-12,15H,5-7H2,1H3. The lowest BCUT2D eigenvalue weighted by Crippen LogP contribution is -2.44. The number of methoxy groups -OCH3 is 1. The van der Waals surface area contributed by atoms with E-state index < -0.39 is 0 Å². The summed E-state index contributed by atoms with van der Waals surface area (Å²) in [5.41, 5.74) is 0.966. The molecule has 0 amide bonds. The maximum absolute atomic E-state index is 13.1. The highest BCUT2D eigenvalue weighted by atomic mass is 79.9. The first-order chi connectivity index (χ1) is 7.67. The van der Waals surface area contributed by atoms with Crippen LogP contribution in [0.25, 0.3) is 0 Å². The molecule has 4 heteroatoms. The first kappa shape index (κ1) is 12.0. The predicted molar refractivity (Wildman–Crippen MR) is 64.8 cm³/mol. The molecule has 0 spiro atoms. The van der Waals surface area contributed by atoms with Gasteiger partial charge in [-0.15, -0.1) is 0 Å². The molecule has 0 aromatic heterocycles. The van der Waals surface area contributed by atoms with Crippen molar-refractivity contribution in [3.8, 4) is 0 Å². The van der Waals surface area contributed by atoms with Gasteiger partial charge in [-0.25, -0.2) is 4.39 Å². The molecule has 1 aromatic carbocycles. The van der Waals surface area contributed by atoms with Crippen LogP contribution in [0.3, 0.4) is 0 Å². The van der Waals surface area contributed by atoms with Crippen LogP contribution < -0.4 is 5.32 Å². The van der Waals surface area contributed by atoms with E-state index in [0.717, 1.165) is 22.9 Å². The average molecular weight is 288 g/mol. The van der Waals surface area contributed by atoms with Gasteiger partial charge in [0, 0.05) is 24.2 Å². The van der Waals surface area contributed by atoms with E-state index in [4.69, 9.17) is 4.74 Å². The van der Waals surface area contributed by atoms with Crippen molar-refractivity contribution in [2.24, 2.45) is 0 Å². The number of halogens is 2. The van der Waals surface area contributed by atoms with Crippen LogP contribution in [0.15, 0.2) is 22.7 Å². The Labute approximate surface area is 103 Å². The van der Waals surface area contributed by atoms with E-state index in [2.05, 4.69) is 21.2 Å². The molecule has 2 rings (SSSR count). The largest absolute Gasteiger partial charge is 0.381 e. The summed E-state index contributed by atoms with van der Waals surface area (Å²) in [6.07, 6.45) is 2.50. The molecule has 1 saturated carbocycles. The number of nitrogens with one attached hydrogen (secondary N) is 1. The van der Waals surface area contributed by atoms with Crippen LogP contribution in [0.5, 0.6) is 0 Å². The Hall–Kier alpha value is -0.450. The fourth-order valence-electron chi connectivity index (χ4n) is 1.90. The molecule has 1 aliphatic rings. The van der Waals surface area contributed by atoms with Crippen LogP contribution >= 0.6 is 15.9 Å². The maximum Gasteiger partial charge on any atom is 0.124 e. The van der Waals surface area contributed by atoms with Crippen LogP contribution in [0, 0.1) is 5.82 Å². The Balaban J connectivity index is 1.81. The molecule has 0 aliphatic heterocycles. The van der Waals surface area contributed by atoms with Crippen molar-refractivity contribution in [3.05, 3.63) is 34.1 Å². The monoisotopic (exact) mass is 287 g/mol. The van der Waals surface area contributed by atoms with Gasteiger partial charge in [-0.3, -0.25) is 0 Å². The third-order valence-electron chi connectivity index (χ3n) is 2.95. The quantitative estimate of drug-likeness (QED) is 0.920. The molecule has 0 unspecified atom stereocenters. The smallest absolute Gasteiger partial charge is 0.124 e. The van der Waals surface area contributed by atoms with Crippen molar-refractivity contribution >= 4 is 15.9 Å². The zero-order valence-electron chi connectivity index (χ0n) is 9.17. The third-order valence-corrected chi connectivity index (χ3v) is 3.40. The van der Waals surface area contributed by atoms with Crippen molar-refractivity contribution in [2.75, 3.05) is 7.11 Å². The molecule has 1 aromatic rings. The lowest BCUT2D eigenvalue weighted by Gasteiger charge is -2.34. The number of hydrogen-bond donors (Lipinski definition) is 1. The van der Waals surface area contributed by atoms with Crippen LogP contribution in [0.4, 0.5) is 4.39 Å². The zero-order chi connectivity index (χ0) is 11.5. The SMILES string of the molecule is COC1CC(NCc2cc(F)cc(Br)c2)C1. The molecule has 16 heavy (non-hydrogen) atoms. The van der Waals surface area contributed by atoms with E-state index in [1.54, 1.807) is 13.2 Å². The first-order valence-corrected chi connectivity index (χ1v) is 6.18. The van der Waals surface area contributed by atoms with E-state index in [1.807, 2.05) is 6.07 Å². The number of rotatable bonds is 4. The molecule has 0 saturated heterocycles. The normalized spacial score (nSPS) is 24.2.